The van der Waals surface area contributed by atoms with Crippen LogP contribution in [-0.4, -0.2) is 26.0 Å². The highest BCUT2D eigenvalue weighted by Gasteiger charge is 2.65. The van der Waals surface area contributed by atoms with Crippen molar-refractivity contribution in [3.63, 3.8) is 0 Å². The third-order valence-corrected chi connectivity index (χ3v) is 10.2. The molecule has 1 aromatic rings. The van der Waals surface area contributed by atoms with E-state index in [-0.39, 0.29) is 16.9 Å². The molecule has 1 aromatic heterocycles. The van der Waals surface area contributed by atoms with Crippen LogP contribution >= 0.6 is 0 Å². The number of aromatic nitrogens is 2. The number of hydrogen-bond acceptors (Lipinski definition) is 3. The number of rotatable bonds is 3. The van der Waals surface area contributed by atoms with Crippen LogP contribution in [0.15, 0.2) is 18.7 Å². The van der Waals surface area contributed by atoms with E-state index in [0.717, 1.165) is 48.9 Å². The Hall–Kier alpha value is -1.16. The van der Waals surface area contributed by atoms with Crippen LogP contribution in [0.25, 0.3) is 0 Å². The molecule has 0 radical (unpaired) electrons. The first kappa shape index (κ1) is 17.7. The predicted octanol–water partition coefficient (Wildman–Crippen LogP) is 4.08. The molecule has 5 saturated carbocycles. The molecule has 152 valence electrons. The number of hydrogen-bond donors (Lipinski definition) is 1. The third kappa shape index (κ3) is 2.39. The van der Waals surface area contributed by atoms with Gasteiger partial charge in [0.2, 0.25) is 0 Å². The lowest BCUT2D eigenvalue weighted by Crippen LogP contribution is -2.50. The molecule has 0 aromatic carbocycles. The van der Waals surface area contributed by atoms with Crippen LogP contribution in [0.3, 0.4) is 0 Å². The van der Waals surface area contributed by atoms with Gasteiger partial charge in [0.15, 0.2) is 5.78 Å². The molecule has 0 aliphatic heterocycles. The zero-order valence-corrected chi connectivity index (χ0v) is 17.1. The van der Waals surface area contributed by atoms with Crippen molar-refractivity contribution in [1.29, 1.82) is 0 Å². The first-order valence-corrected chi connectivity index (χ1v) is 11.7. The number of Topliss-reactive ketones (excluding diaryl/α,β-unsaturated/α-hetero) is 1. The average Bonchev–Trinajstić information content (AvgIpc) is 3.00. The standard InChI is InChI=1S/C24H34N2O2/c1-23-8-6-15-16-7-9-24(28)12-21(24)18(16)3-2-17(15)19(23)4-5-20(23)22(27)13-26-11-10-25-14-26/h10-11,14-21,28H,2-9,12-13H2,1H3/t15-,16-,17-,18-,19+,20-,21?,23+,24+/m1/s1. The van der Waals surface area contributed by atoms with Gasteiger partial charge < -0.3 is 9.67 Å². The zero-order valence-electron chi connectivity index (χ0n) is 17.1. The van der Waals surface area contributed by atoms with Gasteiger partial charge in [-0.1, -0.05) is 6.92 Å². The molecule has 0 spiro atoms. The van der Waals surface area contributed by atoms with Crippen LogP contribution in [0.1, 0.15) is 64.7 Å². The Morgan fingerprint density at radius 1 is 1.04 bits per heavy atom. The second-order valence-corrected chi connectivity index (χ2v) is 11.2. The molecule has 0 saturated heterocycles. The molecule has 9 atom stereocenters. The highest BCUT2D eigenvalue weighted by Crippen LogP contribution is 2.68. The van der Waals surface area contributed by atoms with Gasteiger partial charge in [-0.05, 0) is 98.7 Å². The Balaban J connectivity index is 1.21. The molecule has 6 rings (SSSR count). The third-order valence-electron chi connectivity index (χ3n) is 10.2. The fourth-order valence-corrected chi connectivity index (χ4v) is 8.88. The maximum Gasteiger partial charge on any atom is 0.156 e. The minimum absolute atomic E-state index is 0.209. The summed E-state index contributed by atoms with van der Waals surface area (Å²) in [5.74, 6) is 5.37. The van der Waals surface area contributed by atoms with Crippen LogP contribution in [0, 0.1) is 46.8 Å². The summed E-state index contributed by atoms with van der Waals surface area (Å²) in [5, 5.41) is 10.6. The first-order chi connectivity index (χ1) is 13.5. The van der Waals surface area contributed by atoms with Crippen molar-refractivity contribution in [3.8, 4) is 0 Å². The van der Waals surface area contributed by atoms with Crippen LogP contribution < -0.4 is 0 Å². The highest BCUT2D eigenvalue weighted by atomic mass is 16.3. The number of aliphatic hydroxyl groups is 1. The van der Waals surface area contributed by atoms with E-state index in [1.165, 1.54) is 38.5 Å². The van der Waals surface area contributed by atoms with E-state index in [1.54, 1.807) is 12.5 Å². The number of carbonyl (C=O) groups is 1. The summed E-state index contributed by atoms with van der Waals surface area (Å²) in [6.07, 6.45) is 16.4. The lowest BCUT2D eigenvalue weighted by atomic mass is 9.49. The average molecular weight is 383 g/mol. The van der Waals surface area contributed by atoms with Gasteiger partial charge in [0, 0.05) is 18.3 Å². The van der Waals surface area contributed by atoms with Gasteiger partial charge in [0.05, 0.1) is 18.5 Å². The smallest absolute Gasteiger partial charge is 0.156 e. The van der Waals surface area contributed by atoms with Crippen LogP contribution in [-0.2, 0) is 11.3 Å². The lowest BCUT2D eigenvalue weighted by molar-refractivity contribution is -0.131. The Kier molecular flexibility index (Phi) is 3.75. The number of ketones is 1. The van der Waals surface area contributed by atoms with Crippen molar-refractivity contribution in [2.45, 2.75) is 76.9 Å². The number of imidazole rings is 1. The van der Waals surface area contributed by atoms with E-state index in [9.17, 15) is 9.90 Å². The van der Waals surface area contributed by atoms with Crippen LogP contribution in [0.2, 0.25) is 0 Å². The Morgan fingerprint density at radius 2 is 1.79 bits per heavy atom. The van der Waals surface area contributed by atoms with Crippen molar-refractivity contribution >= 4 is 5.78 Å². The molecule has 28 heavy (non-hydrogen) atoms. The topological polar surface area (TPSA) is 55.1 Å². The lowest BCUT2D eigenvalue weighted by Gasteiger charge is -2.56. The maximum atomic E-state index is 13.2. The largest absolute Gasteiger partial charge is 0.390 e. The van der Waals surface area contributed by atoms with Gasteiger partial charge in [-0.3, -0.25) is 4.79 Å². The van der Waals surface area contributed by atoms with Crippen molar-refractivity contribution in [1.82, 2.24) is 9.55 Å². The summed E-state index contributed by atoms with van der Waals surface area (Å²) in [6.45, 7) is 2.94. The Labute approximate surface area is 168 Å². The SMILES string of the molecule is C[C@]12CC[C@@H]3[C@H]4CC[C@]5(O)CC5[C@@H]4CC[C@H]3[C@@H]1CC[C@@H]2C(=O)Cn1ccnc1. The van der Waals surface area contributed by atoms with Crippen LogP contribution in [0.4, 0.5) is 0 Å². The van der Waals surface area contributed by atoms with E-state index in [1.807, 2.05) is 10.8 Å². The summed E-state index contributed by atoms with van der Waals surface area (Å²) in [6, 6.07) is 0. The summed E-state index contributed by atoms with van der Waals surface area (Å²) < 4.78 is 1.94. The predicted molar refractivity (Wildman–Crippen MR) is 106 cm³/mol. The van der Waals surface area contributed by atoms with Gasteiger partial charge in [-0.25, -0.2) is 4.98 Å². The van der Waals surface area contributed by atoms with Gasteiger partial charge in [-0.15, -0.1) is 0 Å². The van der Waals surface area contributed by atoms with Gasteiger partial charge in [-0.2, -0.15) is 0 Å². The van der Waals surface area contributed by atoms with Crippen molar-refractivity contribution in [3.05, 3.63) is 18.7 Å². The van der Waals surface area contributed by atoms with Crippen molar-refractivity contribution in [2.24, 2.45) is 46.8 Å². The fraction of sp³-hybridized carbons (Fsp3) is 0.833. The Morgan fingerprint density at radius 3 is 2.54 bits per heavy atom. The molecule has 5 fully saturated rings. The van der Waals surface area contributed by atoms with Crippen molar-refractivity contribution in [2.75, 3.05) is 0 Å². The number of fused-ring (bicyclic) bond motifs is 7. The van der Waals surface area contributed by atoms with Gasteiger partial charge in [0.25, 0.3) is 0 Å². The monoisotopic (exact) mass is 382 g/mol. The highest BCUT2D eigenvalue weighted by molar-refractivity contribution is 5.82. The van der Waals surface area contributed by atoms with E-state index in [0.29, 0.717) is 18.2 Å². The maximum absolute atomic E-state index is 13.2. The Bertz CT molecular complexity index is 776. The van der Waals surface area contributed by atoms with E-state index < -0.39 is 0 Å². The molecule has 1 heterocycles. The second-order valence-electron chi connectivity index (χ2n) is 11.2. The van der Waals surface area contributed by atoms with E-state index in [4.69, 9.17) is 0 Å². The summed E-state index contributed by atoms with van der Waals surface area (Å²) >= 11 is 0. The zero-order chi connectivity index (χ0) is 19.1. The first-order valence-electron chi connectivity index (χ1n) is 11.7. The molecular weight excluding hydrogens is 348 g/mol. The molecule has 4 heteroatoms. The molecule has 5 aliphatic carbocycles. The molecule has 5 aliphatic rings. The number of nitrogens with zero attached hydrogens (tertiary/aromatic N) is 2. The van der Waals surface area contributed by atoms with Crippen LogP contribution in [0.5, 0.6) is 0 Å². The van der Waals surface area contributed by atoms with E-state index in [2.05, 4.69) is 11.9 Å². The summed E-state index contributed by atoms with van der Waals surface area (Å²) in [7, 11) is 0. The molecule has 1 N–H and O–H groups in total. The van der Waals surface area contributed by atoms with Crippen molar-refractivity contribution < 1.29 is 9.90 Å². The van der Waals surface area contributed by atoms with E-state index >= 15 is 0 Å². The molecule has 1 unspecified atom stereocenters. The van der Waals surface area contributed by atoms with Gasteiger partial charge in [0.1, 0.15) is 0 Å². The fourth-order valence-electron chi connectivity index (χ4n) is 8.88. The summed E-state index contributed by atoms with van der Waals surface area (Å²) in [5.41, 5.74) is -0.0595. The molecular formula is C24H34N2O2. The minimum atomic E-state index is -0.268. The molecule has 4 nitrogen and oxygen atoms in total. The normalized spacial score (nSPS) is 51.6. The number of carbonyl (C=O) groups excluding carboxylic acids is 1. The van der Waals surface area contributed by atoms with Gasteiger partial charge >= 0.3 is 0 Å². The quantitative estimate of drug-likeness (QED) is 0.857. The summed E-state index contributed by atoms with van der Waals surface area (Å²) in [4.78, 5) is 17.3. The molecule has 0 amide bonds. The molecule has 0 bridgehead atoms. The second kappa shape index (κ2) is 5.93. The minimum Gasteiger partial charge on any atom is -0.390 e.